The van der Waals surface area contributed by atoms with E-state index in [1.54, 1.807) is 18.9 Å². The fourth-order valence-corrected chi connectivity index (χ4v) is 2.62. The van der Waals surface area contributed by atoms with Crippen LogP contribution in [0.1, 0.15) is 12.8 Å². The monoisotopic (exact) mass is 263 g/mol. The van der Waals surface area contributed by atoms with Crippen molar-refractivity contribution >= 4 is 22.8 Å². The molecule has 3 rings (SSSR count). The average molecular weight is 263 g/mol. The van der Waals surface area contributed by atoms with Crippen LogP contribution in [0, 0.1) is 0 Å². The lowest BCUT2D eigenvalue weighted by molar-refractivity contribution is 0.415. The van der Waals surface area contributed by atoms with Gasteiger partial charge in [-0.1, -0.05) is 11.8 Å². The van der Waals surface area contributed by atoms with E-state index >= 15 is 0 Å². The summed E-state index contributed by atoms with van der Waals surface area (Å²) in [6.45, 7) is 1.05. The molecule has 1 saturated carbocycles. The molecule has 0 aliphatic heterocycles. The highest BCUT2D eigenvalue weighted by molar-refractivity contribution is 7.99. The summed E-state index contributed by atoms with van der Waals surface area (Å²) in [5, 5.41) is 4.48. The Bertz CT molecular complexity index is 536. The molecule has 1 heterocycles. The predicted molar refractivity (Wildman–Crippen MR) is 74.4 cm³/mol. The van der Waals surface area contributed by atoms with E-state index in [0.29, 0.717) is 0 Å². The number of aromatic nitrogens is 2. The predicted octanol–water partition coefficient (Wildman–Crippen LogP) is 2.42. The molecule has 1 aromatic carbocycles. The SMILES string of the molecule is COc1ccc2nc(SCCNC3CC3)[nH]c2c1. The Balaban J connectivity index is 1.60. The second-order valence-electron chi connectivity index (χ2n) is 4.50. The lowest BCUT2D eigenvalue weighted by Crippen LogP contribution is -2.19. The highest BCUT2D eigenvalue weighted by atomic mass is 32.2. The highest BCUT2D eigenvalue weighted by Gasteiger charge is 2.19. The number of nitrogens with one attached hydrogen (secondary N) is 2. The van der Waals surface area contributed by atoms with E-state index in [1.807, 2.05) is 18.2 Å². The molecule has 0 radical (unpaired) electrons. The third kappa shape index (κ3) is 2.79. The van der Waals surface area contributed by atoms with Crippen molar-refractivity contribution in [2.45, 2.75) is 24.0 Å². The Kier molecular flexibility index (Phi) is 3.43. The first kappa shape index (κ1) is 11.9. The van der Waals surface area contributed by atoms with Gasteiger partial charge in [-0.3, -0.25) is 0 Å². The zero-order valence-electron chi connectivity index (χ0n) is 10.4. The Morgan fingerprint density at radius 3 is 3.17 bits per heavy atom. The normalized spacial score (nSPS) is 15.2. The number of nitrogens with zero attached hydrogens (tertiary/aromatic N) is 1. The molecule has 0 saturated heterocycles. The van der Waals surface area contributed by atoms with Crippen molar-refractivity contribution in [2.75, 3.05) is 19.4 Å². The van der Waals surface area contributed by atoms with E-state index in [9.17, 15) is 0 Å². The van der Waals surface area contributed by atoms with Crippen LogP contribution in [0.15, 0.2) is 23.4 Å². The molecule has 1 aliphatic carbocycles. The third-order valence-electron chi connectivity index (χ3n) is 3.02. The number of benzene rings is 1. The zero-order chi connectivity index (χ0) is 12.4. The van der Waals surface area contributed by atoms with Crippen LogP contribution < -0.4 is 10.1 Å². The van der Waals surface area contributed by atoms with Gasteiger partial charge < -0.3 is 15.0 Å². The van der Waals surface area contributed by atoms with Gasteiger partial charge in [0.25, 0.3) is 0 Å². The van der Waals surface area contributed by atoms with Crippen molar-refractivity contribution in [3.05, 3.63) is 18.2 Å². The standard InChI is InChI=1S/C13H17N3OS/c1-17-10-4-5-11-12(8-10)16-13(15-11)18-7-6-14-9-2-3-9/h4-5,8-9,14H,2-3,6-7H2,1H3,(H,15,16). The molecule has 1 aromatic heterocycles. The largest absolute Gasteiger partial charge is 0.497 e. The number of methoxy groups -OCH3 is 1. The number of fused-ring (bicyclic) bond motifs is 1. The number of hydrogen-bond donors (Lipinski definition) is 2. The zero-order valence-corrected chi connectivity index (χ0v) is 11.2. The molecule has 5 heteroatoms. The van der Waals surface area contributed by atoms with E-state index in [4.69, 9.17) is 4.74 Å². The van der Waals surface area contributed by atoms with Crippen LogP contribution in [0.25, 0.3) is 11.0 Å². The Labute approximate surface area is 111 Å². The van der Waals surface area contributed by atoms with Crippen molar-refractivity contribution in [3.8, 4) is 5.75 Å². The van der Waals surface area contributed by atoms with Crippen LogP contribution in [-0.4, -0.2) is 35.4 Å². The molecule has 2 aromatic rings. The van der Waals surface area contributed by atoms with Gasteiger partial charge in [0, 0.05) is 24.4 Å². The number of rotatable bonds is 6. The van der Waals surface area contributed by atoms with E-state index in [1.165, 1.54) is 12.8 Å². The Morgan fingerprint density at radius 1 is 1.50 bits per heavy atom. The van der Waals surface area contributed by atoms with E-state index in [-0.39, 0.29) is 0 Å². The molecule has 2 N–H and O–H groups in total. The average Bonchev–Trinajstić information content (AvgIpc) is 3.12. The van der Waals surface area contributed by atoms with Gasteiger partial charge in [-0.25, -0.2) is 4.98 Å². The minimum absolute atomic E-state index is 0.783. The first-order valence-corrected chi connectivity index (χ1v) is 7.23. The van der Waals surface area contributed by atoms with E-state index in [0.717, 1.165) is 40.3 Å². The number of thioether (sulfide) groups is 1. The van der Waals surface area contributed by atoms with E-state index in [2.05, 4.69) is 15.3 Å². The molecule has 18 heavy (non-hydrogen) atoms. The van der Waals surface area contributed by atoms with Crippen molar-refractivity contribution in [1.29, 1.82) is 0 Å². The van der Waals surface area contributed by atoms with Gasteiger partial charge in [-0.15, -0.1) is 0 Å². The van der Waals surface area contributed by atoms with Crippen molar-refractivity contribution in [3.63, 3.8) is 0 Å². The summed E-state index contributed by atoms with van der Waals surface area (Å²) in [7, 11) is 1.68. The molecular formula is C13H17N3OS. The smallest absolute Gasteiger partial charge is 0.166 e. The minimum atomic E-state index is 0.783. The summed E-state index contributed by atoms with van der Waals surface area (Å²) in [6.07, 6.45) is 2.68. The maximum atomic E-state index is 5.20. The maximum Gasteiger partial charge on any atom is 0.166 e. The van der Waals surface area contributed by atoms with Gasteiger partial charge in [0.1, 0.15) is 5.75 Å². The number of hydrogen-bond acceptors (Lipinski definition) is 4. The van der Waals surface area contributed by atoms with Gasteiger partial charge in [-0.2, -0.15) is 0 Å². The molecule has 0 bridgehead atoms. The molecule has 96 valence electrons. The quantitative estimate of drug-likeness (QED) is 0.621. The minimum Gasteiger partial charge on any atom is -0.497 e. The second kappa shape index (κ2) is 5.20. The molecule has 0 spiro atoms. The summed E-state index contributed by atoms with van der Waals surface area (Å²) in [5.74, 6) is 1.91. The number of H-pyrrole nitrogens is 1. The number of aromatic amines is 1. The fraction of sp³-hybridized carbons (Fsp3) is 0.462. The van der Waals surface area contributed by atoms with Gasteiger partial charge in [0.2, 0.25) is 0 Å². The van der Waals surface area contributed by atoms with Crippen LogP contribution >= 0.6 is 11.8 Å². The molecule has 4 nitrogen and oxygen atoms in total. The van der Waals surface area contributed by atoms with Gasteiger partial charge in [0.05, 0.1) is 18.1 Å². The first-order chi connectivity index (χ1) is 8.85. The topological polar surface area (TPSA) is 49.9 Å². The van der Waals surface area contributed by atoms with Crippen LogP contribution in [0.4, 0.5) is 0 Å². The summed E-state index contributed by atoms with van der Waals surface area (Å²) in [5.41, 5.74) is 2.03. The maximum absolute atomic E-state index is 5.20. The van der Waals surface area contributed by atoms with Gasteiger partial charge in [0.15, 0.2) is 5.16 Å². The van der Waals surface area contributed by atoms with Crippen molar-refractivity contribution in [2.24, 2.45) is 0 Å². The van der Waals surface area contributed by atoms with Crippen molar-refractivity contribution in [1.82, 2.24) is 15.3 Å². The molecule has 0 amide bonds. The van der Waals surface area contributed by atoms with Gasteiger partial charge >= 0.3 is 0 Å². The highest BCUT2D eigenvalue weighted by Crippen LogP contribution is 2.23. The van der Waals surface area contributed by atoms with Crippen LogP contribution in [0.5, 0.6) is 5.75 Å². The van der Waals surface area contributed by atoms with Crippen LogP contribution in [0.2, 0.25) is 0 Å². The fourth-order valence-electron chi connectivity index (χ4n) is 1.86. The lowest BCUT2D eigenvalue weighted by Gasteiger charge is -1.99. The van der Waals surface area contributed by atoms with Gasteiger partial charge in [-0.05, 0) is 25.0 Å². The van der Waals surface area contributed by atoms with Crippen molar-refractivity contribution < 1.29 is 4.74 Å². The molecule has 1 fully saturated rings. The summed E-state index contributed by atoms with van der Waals surface area (Å²) in [4.78, 5) is 7.86. The summed E-state index contributed by atoms with van der Waals surface area (Å²) >= 11 is 1.76. The van der Waals surface area contributed by atoms with Crippen LogP contribution in [0.3, 0.4) is 0 Å². The first-order valence-electron chi connectivity index (χ1n) is 6.25. The lowest BCUT2D eigenvalue weighted by atomic mass is 10.3. The third-order valence-corrected chi connectivity index (χ3v) is 3.89. The van der Waals surface area contributed by atoms with E-state index < -0.39 is 0 Å². The Morgan fingerprint density at radius 2 is 2.39 bits per heavy atom. The molecule has 0 unspecified atom stereocenters. The van der Waals surface area contributed by atoms with Crippen LogP contribution in [-0.2, 0) is 0 Å². The molecular weight excluding hydrogens is 246 g/mol. The summed E-state index contributed by atoms with van der Waals surface area (Å²) in [6, 6.07) is 6.68. The molecule has 0 atom stereocenters. The Hall–Kier alpha value is -1.20. The number of imidazole rings is 1. The number of ether oxygens (including phenoxy) is 1. The molecule has 1 aliphatic rings. The summed E-state index contributed by atoms with van der Waals surface area (Å²) < 4.78 is 5.20. The second-order valence-corrected chi connectivity index (χ2v) is 5.59.